The number of hydrogen-bond donors (Lipinski definition) is 0. The number of ketones is 1. The number of carbonyl (C=O) groups excluding carboxylic acids is 1. The fourth-order valence-corrected chi connectivity index (χ4v) is 1.89. The van der Waals surface area contributed by atoms with Gasteiger partial charge in [0.1, 0.15) is 0 Å². The Morgan fingerprint density at radius 2 is 1.65 bits per heavy atom. The second kappa shape index (κ2) is 4.87. The molecule has 0 aromatic heterocycles. The van der Waals surface area contributed by atoms with Crippen LogP contribution in [-0.4, -0.2) is 19.0 Å². The molecular formula is C12H11F3O2. The Morgan fingerprint density at radius 1 is 1.12 bits per heavy atom. The molecule has 2 nitrogen and oxygen atoms in total. The van der Waals surface area contributed by atoms with Crippen LogP contribution in [0, 0.1) is 23.4 Å². The zero-order chi connectivity index (χ0) is 12.4. The number of benzene rings is 1. The molecule has 0 spiro atoms. The zero-order valence-corrected chi connectivity index (χ0v) is 9.01. The predicted octanol–water partition coefficient (Wildman–Crippen LogP) is 2.71. The molecule has 92 valence electrons. The summed E-state index contributed by atoms with van der Waals surface area (Å²) in [5, 5.41) is 0. The molecule has 17 heavy (non-hydrogen) atoms. The Balaban J connectivity index is 2.24. The van der Waals surface area contributed by atoms with E-state index in [1.165, 1.54) is 0 Å². The van der Waals surface area contributed by atoms with Crippen LogP contribution in [0.5, 0.6) is 0 Å². The van der Waals surface area contributed by atoms with Gasteiger partial charge in [0, 0.05) is 24.7 Å². The molecule has 0 saturated carbocycles. The zero-order valence-electron chi connectivity index (χ0n) is 9.01. The van der Waals surface area contributed by atoms with Gasteiger partial charge in [-0.1, -0.05) is 0 Å². The van der Waals surface area contributed by atoms with Crippen molar-refractivity contribution in [2.45, 2.75) is 12.8 Å². The summed E-state index contributed by atoms with van der Waals surface area (Å²) < 4.78 is 43.8. The molecule has 0 bridgehead atoms. The quantitative estimate of drug-likeness (QED) is 0.590. The van der Waals surface area contributed by atoms with E-state index >= 15 is 0 Å². The molecule has 5 heteroatoms. The van der Waals surface area contributed by atoms with Crippen LogP contribution in [0.15, 0.2) is 12.1 Å². The summed E-state index contributed by atoms with van der Waals surface area (Å²) in [6.45, 7) is 0.922. The van der Waals surface area contributed by atoms with E-state index in [-0.39, 0.29) is 17.3 Å². The molecule has 1 aromatic carbocycles. The lowest BCUT2D eigenvalue weighted by Crippen LogP contribution is -2.23. The normalized spacial score (nSPS) is 17.1. The van der Waals surface area contributed by atoms with Crippen molar-refractivity contribution in [1.82, 2.24) is 0 Å². The minimum Gasteiger partial charge on any atom is -0.381 e. The molecule has 2 rings (SSSR count). The van der Waals surface area contributed by atoms with E-state index in [2.05, 4.69) is 0 Å². The summed E-state index contributed by atoms with van der Waals surface area (Å²) in [4.78, 5) is 11.9. The number of hydrogen-bond acceptors (Lipinski definition) is 2. The van der Waals surface area contributed by atoms with E-state index in [1.54, 1.807) is 0 Å². The maximum Gasteiger partial charge on any atom is 0.194 e. The Bertz CT molecular complexity index is 416. The molecule has 1 aromatic rings. The fraction of sp³-hybridized carbons (Fsp3) is 0.417. The molecule has 1 aliphatic heterocycles. The predicted molar refractivity (Wildman–Crippen MR) is 54.2 cm³/mol. The van der Waals surface area contributed by atoms with Crippen LogP contribution in [0.1, 0.15) is 23.2 Å². The van der Waals surface area contributed by atoms with Crippen LogP contribution < -0.4 is 0 Å². The standard InChI is InChI=1S/C12H11F3O2/c13-9-5-8(6-10(14)11(9)15)12(16)7-1-3-17-4-2-7/h5-7H,1-4H2. The monoisotopic (exact) mass is 244 g/mol. The van der Waals surface area contributed by atoms with Crippen LogP contribution in [0.3, 0.4) is 0 Å². The lowest BCUT2D eigenvalue weighted by atomic mass is 9.91. The van der Waals surface area contributed by atoms with Crippen molar-refractivity contribution in [2.24, 2.45) is 5.92 Å². The molecule has 1 fully saturated rings. The topological polar surface area (TPSA) is 26.3 Å². The van der Waals surface area contributed by atoms with Crippen molar-refractivity contribution >= 4 is 5.78 Å². The fourth-order valence-electron chi connectivity index (χ4n) is 1.89. The number of halogens is 3. The van der Waals surface area contributed by atoms with E-state index in [0.717, 1.165) is 12.1 Å². The third-order valence-corrected chi connectivity index (χ3v) is 2.86. The Kier molecular flexibility index (Phi) is 3.47. The van der Waals surface area contributed by atoms with Crippen molar-refractivity contribution in [1.29, 1.82) is 0 Å². The van der Waals surface area contributed by atoms with Gasteiger partial charge in [-0.05, 0) is 25.0 Å². The van der Waals surface area contributed by atoms with Crippen molar-refractivity contribution in [3.63, 3.8) is 0 Å². The van der Waals surface area contributed by atoms with E-state index in [9.17, 15) is 18.0 Å². The first-order chi connectivity index (χ1) is 8.09. The molecule has 1 aliphatic rings. The van der Waals surface area contributed by atoms with Gasteiger partial charge in [-0.25, -0.2) is 13.2 Å². The number of carbonyl (C=O) groups is 1. The lowest BCUT2D eigenvalue weighted by Gasteiger charge is -2.20. The summed E-state index contributed by atoms with van der Waals surface area (Å²) in [5.41, 5.74) is -0.117. The summed E-state index contributed by atoms with van der Waals surface area (Å²) in [5.74, 6) is -4.87. The van der Waals surface area contributed by atoms with Gasteiger partial charge in [0.05, 0.1) is 0 Å². The maximum absolute atomic E-state index is 13.0. The Hall–Kier alpha value is -1.36. The largest absolute Gasteiger partial charge is 0.381 e. The molecule has 0 aliphatic carbocycles. The molecule has 0 atom stereocenters. The summed E-state index contributed by atoms with van der Waals surface area (Å²) in [6.07, 6.45) is 1.05. The van der Waals surface area contributed by atoms with Gasteiger partial charge in [-0.3, -0.25) is 4.79 Å². The highest BCUT2D eigenvalue weighted by Gasteiger charge is 2.24. The maximum atomic E-state index is 13.0. The van der Waals surface area contributed by atoms with Gasteiger partial charge in [0.25, 0.3) is 0 Å². The number of rotatable bonds is 2. The highest BCUT2D eigenvalue weighted by Crippen LogP contribution is 2.22. The van der Waals surface area contributed by atoms with E-state index in [0.29, 0.717) is 26.1 Å². The van der Waals surface area contributed by atoms with Crippen molar-refractivity contribution < 1.29 is 22.7 Å². The molecular weight excluding hydrogens is 233 g/mol. The summed E-state index contributed by atoms with van der Waals surface area (Å²) in [7, 11) is 0. The van der Waals surface area contributed by atoms with Gasteiger partial charge in [0.15, 0.2) is 23.2 Å². The molecule has 0 N–H and O–H groups in total. The van der Waals surface area contributed by atoms with E-state index in [4.69, 9.17) is 4.74 Å². The highest BCUT2D eigenvalue weighted by molar-refractivity contribution is 5.97. The first-order valence-electron chi connectivity index (χ1n) is 5.36. The van der Waals surface area contributed by atoms with Gasteiger partial charge < -0.3 is 4.74 Å². The molecule has 0 unspecified atom stereocenters. The van der Waals surface area contributed by atoms with Crippen LogP contribution >= 0.6 is 0 Å². The van der Waals surface area contributed by atoms with Crippen molar-refractivity contribution in [3.8, 4) is 0 Å². The van der Waals surface area contributed by atoms with Crippen LogP contribution in [0.4, 0.5) is 13.2 Å². The van der Waals surface area contributed by atoms with Crippen molar-refractivity contribution in [3.05, 3.63) is 35.1 Å². The van der Waals surface area contributed by atoms with E-state index < -0.39 is 17.5 Å². The minimum atomic E-state index is -1.55. The van der Waals surface area contributed by atoms with Crippen LogP contribution in [0.2, 0.25) is 0 Å². The smallest absolute Gasteiger partial charge is 0.194 e. The third kappa shape index (κ3) is 2.49. The lowest BCUT2D eigenvalue weighted by molar-refractivity contribution is 0.0544. The molecule has 0 radical (unpaired) electrons. The van der Waals surface area contributed by atoms with Crippen molar-refractivity contribution in [2.75, 3.05) is 13.2 Å². The highest BCUT2D eigenvalue weighted by atomic mass is 19.2. The Labute approximate surface area is 96.4 Å². The second-order valence-corrected chi connectivity index (χ2v) is 4.00. The first-order valence-corrected chi connectivity index (χ1v) is 5.36. The van der Waals surface area contributed by atoms with Gasteiger partial charge in [-0.15, -0.1) is 0 Å². The van der Waals surface area contributed by atoms with Gasteiger partial charge in [0.2, 0.25) is 0 Å². The second-order valence-electron chi connectivity index (χ2n) is 4.00. The molecule has 1 heterocycles. The average molecular weight is 244 g/mol. The number of Topliss-reactive ketones (excluding diaryl/α,β-unsaturated/α-hetero) is 1. The molecule has 0 amide bonds. The summed E-state index contributed by atoms with van der Waals surface area (Å²) in [6, 6.07) is 1.49. The van der Waals surface area contributed by atoms with Gasteiger partial charge >= 0.3 is 0 Å². The SMILES string of the molecule is O=C(c1cc(F)c(F)c(F)c1)C1CCOCC1. The summed E-state index contributed by atoms with van der Waals surface area (Å²) >= 11 is 0. The van der Waals surface area contributed by atoms with E-state index in [1.807, 2.05) is 0 Å². The average Bonchev–Trinajstić information content (AvgIpc) is 2.35. The van der Waals surface area contributed by atoms with Crippen LogP contribution in [-0.2, 0) is 4.74 Å². The minimum absolute atomic E-state index is 0.117. The van der Waals surface area contributed by atoms with Crippen LogP contribution in [0.25, 0.3) is 0 Å². The first kappa shape index (κ1) is 12.1. The number of ether oxygens (including phenoxy) is 1. The van der Waals surface area contributed by atoms with Gasteiger partial charge in [-0.2, -0.15) is 0 Å². The molecule has 1 saturated heterocycles. The third-order valence-electron chi connectivity index (χ3n) is 2.86. The Morgan fingerprint density at radius 3 is 2.18 bits per heavy atom.